The van der Waals surface area contributed by atoms with Crippen molar-refractivity contribution in [2.24, 2.45) is 0 Å². The number of ether oxygens (including phenoxy) is 1. The number of benzene rings is 1. The second-order valence-electron chi connectivity index (χ2n) is 7.13. The molecule has 0 saturated carbocycles. The minimum absolute atomic E-state index is 0.0722. The predicted molar refractivity (Wildman–Crippen MR) is 104 cm³/mol. The number of nitrogens with one attached hydrogen (secondary N) is 1. The molecule has 5 nitrogen and oxygen atoms in total. The van der Waals surface area contributed by atoms with Gasteiger partial charge in [-0.05, 0) is 68.7 Å². The molecule has 2 aliphatic rings. The Bertz CT molecular complexity index is 852. The van der Waals surface area contributed by atoms with Crippen molar-refractivity contribution in [3.05, 3.63) is 40.7 Å². The lowest BCUT2D eigenvalue weighted by Gasteiger charge is -2.47. The molecule has 2 bridgehead atoms. The van der Waals surface area contributed by atoms with Gasteiger partial charge >= 0.3 is 6.09 Å². The Morgan fingerprint density at radius 2 is 2.00 bits per heavy atom. The highest BCUT2D eigenvalue weighted by atomic mass is 32.2. The summed E-state index contributed by atoms with van der Waals surface area (Å²) in [6.45, 7) is 2.30. The van der Waals surface area contributed by atoms with Crippen LogP contribution < -0.4 is 5.56 Å². The molecule has 1 aromatic carbocycles. The lowest BCUT2D eigenvalue weighted by molar-refractivity contribution is 0.0271. The standard InChI is InChI=1S/C20H24N2O3S/c1-2-25-20(24)22-14-4-3-5-15(22)12-17(11-14)26-16-7-8-18-13(10-16)6-9-19(23)21-18/h6-10,14-15,17H,2-5,11-12H2,1H3,(H,21,23). The zero-order valence-corrected chi connectivity index (χ0v) is 15.8. The van der Waals surface area contributed by atoms with Crippen LogP contribution in [0.15, 0.2) is 40.0 Å². The van der Waals surface area contributed by atoms with Gasteiger partial charge in [-0.2, -0.15) is 0 Å². The molecule has 4 rings (SSSR count). The van der Waals surface area contributed by atoms with Gasteiger partial charge in [0.25, 0.3) is 0 Å². The highest BCUT2D eigenvalue weighted by Crippen LogP contribution is 2.41. The molecule has 1 N–H and O–H groups in total. The van der Waals surface area contributed by atoms with Crippen LogP contribution >= 0.6 is 11.8 Å². The fourth-order valence-electron chi connectivity index (χ4n) is 4.32. The van der Waals surface area contributed by atoms with Gasteiger partial charge in [0.05, 0.1) is 6.61 Å². The number of aromatic amines is 1. The van der Waals surface area contributed by atoms with E-state index in [-0.39, 0.29) is 11.7 Å². The quantitative estimate of drug-likeness (QED) is 0.879. The summed E-state index contributed by atoms with van der Waals surface area (Å²) in [5, 5.41) is 1.56. The molecule has 2 saturated heterocycles. The molecule has 26 heavy (non-hydrogen) atoms. The van der Waals surface area contributed by atoms with Crippen LogP contribution in [0, 0.1) is 0 Å². The number of thioether (sulfide) groups is 1. The summed E-state index contributed by atoms with van der Waals surface area (Å²) >= 11 is 1.90. The Hall–Kier alpha value is -1.95. The maximum atomic E-state index is 12.3. The molecule has 2 aromatic rings. The molecule has 138 valence electrons. The van der Waals surface area contributed by atoms with Crippen LogP contribution in [0.25, 0.3) is 10.9 Å². The first-order valence-electron chi connectivity index (χ1n) is 9.39. The van der Waals surface area contributed by atoms with E-state index in [0.717, 1.165) is 36.6 Å². The van der Waals surface area contributed by atoms with E-state index >= 15 is 0 Å². The third kappa shape index (κ3) is 3.47. The minimum atomic E-state index is -0.139. The van der Waals surface area contributed by atoms with Crippen molar-refractivity contribution in [2.45, 2.75) is 61.3 Å². The Balaban J connectivity index is 1.49. The number of nitrogens with zero attached hydrogens (tertiary/aromatic N) is 1. The summed E-state index contributed by atoms with van der Waals surface area (Å²) in [7, 11) is 0. The number of aromatic nitrogens is 1. The van der Waals surface area contributed by atoms with Crippen LogP contribution in [0.1, 0.15) is 39.0 Å². The predicted octanol–water partition coefficient (Wildman–Crippen LogP) is 4.16. The molecule has 1 amide bonds. The van der Waals surface area contributed by atoms with E-state index in [0.29, 0.717) is 23.9 Å². The fraction of sp³-hybridized carbons (Fsp3) is 0.500. The van der Waals surface area contributed by atoms with E-state index in [1.165, 1.54) is 11.3 Å². The fourth-order valence-corrected chi connectivity index (χ4v) is 5.69. The van der Waals surface area contributed by atoms with Gasteiger partial charge in [-0.25, -0.2) is 4.79 Å². The molecular formula is C20H24N2O3S. The van der Waals surface area contributed by atoms with Gasteiger partial charge in [-0.3, -0.25) is 4.79 Å². The molecule has 0 spiro atoms. The van der Waals surface area contributed by atoms with Gasteiger partial charge in [0.15, 0.2) is 0 Å². The molecular weight excluding hydrogens is 348 g/mol. The number of H-pyrrole nitrogens is 1. The first-order valence-corrected chi connectivity index (χ1v) is 10.3. The molecule has 2 unspecified atom stereocenters. The highest BCUT2D eigenvalue weighted by Gasteiger charge is 2.41. The van der Waals surface area contributed by atoms with Crippen molar-refractivity contribution in [3.63, 3.8) is 0 Å². The molecule has 6 heteroatoms. The van der Waals surface area contributed by atoms with Crippen LogP contribution in [0.4, 0.5) is 4.79 Å². The normalized spacial score (nSPS) is 25.3. The van der Waals surface area contributed by atoms with E-state index in [2.05, 4.69) is 17.1 Å². The lowest BCUT2D eigenvalue weighted by Crippen LogP contribution is -2.55. The maximum absolute atomic E-state index is 12.3. The van der Waals surface area contributed by atoms with Crippen molar-refractivity contribution >= 4 is 28.8 Å². The molecule has 2 fully saturated rings. The number of fused-ring (bicyclic) bond motifs is 3. The number of hydrogen-bond acceptors (Lipinski definition) is 4. The van der Waals surface area contributed by atoms with Gasteiger partial charge < -0.3 is 14.6 Å². The zero-order valence-electron chi connectivity index (χ0n) is 14.9. The van der Waals surface area contributed by atoms with Gasteiger partial charge in [-0.15, -0.1) is 11.8 Å². The Morgan fingerprint density at radius 3 is 2.73 bits per heavy atom. The summed E-state index contributed by atoms with van der Waals surface area (Å²) in [6, 6.07) is 10.2. The van der Waals surface area contributed by atoms with E-state index in [1.54, 1.807) is 6.07 Å². The highest BCUT2D eigenvalue weighted by molar-refractivity contribution is 8.00. The summed E-state index contributed by atoms with van der Waals surface area (Å²) < 4.78 is 5.28. The SMILES string of the molecule is CCOC(=O)N1C2CCCC1CC(Sc1ccc3[nH]c(=O)ccc3c1)C2. The molecule has 3 heterocycles. The Labute approximate surface area is 157 Å². The summed E-state index contributed by atoms with van der Waals surface area (Å²) in [4.78, 5) is 29.8. The van der Waals surface area contributed by atoms with E-state index in [9.17, 15) is 9.59 Å². The number of pyridine rings is 1. The summed E-state index contributed by atoms with van der Waals surface area (Å²) in [5.74, 6) is 0. The zero-order chi connectivity index (χ0) is 18.1. The van der Waals surface area contributed by atoms with Crippen LogP contribution in [0.3, 0.4) is 0 Å². The van der Waals surface area contributed by atoms with Crippen LogP contribution in [-0.4, -0.2) is 39.9 Å². The number of carbonyl (C=O) groups excluding carboxylic acids is 1. The smallest absolute Gasteiger partial charge is 0.410 e. The summed E-state index contributed by atoms with van der Waals surface area (Å²) in [5.41, 5.74) is 0.799. The number of hydrogen-bond donors (Lipinski definition) is 1. The van der Waals surface area contributed by atoms with Gasteiger partial charge in [0.1, 0.15) is 0 Å². The topological polar surface area (TPSA) is 62.4 Å². The van der Waals surface area contributed by atoms with Gasteiger partial charge in [-0.1, -0.05) is 0 Å². The van der Waals surface area contributed by atoms with Crippen LogP contribution in [0.5, 0.6) is 0 Å². The van der Waals surface area contributed by atoms with Crippen LogP contribution in [-0.2, 0) is 4.74 Å². The first-order chi connectivity index (χ1) is 12.6. The van der Waals surface area contributed by atoms with E-state index in [1.807, 2.05) is 35.7 Å². The number of rotatable bonds is 3. The minimum Gasteiger partial charge on any atom is -0.450 e. The molecule has 2 aliphatic heterocycles. The number of piperidine rings is 2. The van der Waals surface area contributed by atoms with E-state index < -0.39 is 0 Å². The Kier molecular flexibility index (Phi) is 4.94. The molecule has 0 aliphatic carbocycles. The van der Waals surface area contributed by atoms with E-state index in [4.69, 9.17) is 4.74 Å². The monoisotopic (exact) mass is 372 g/mol. The lowest BCUT2D eigenvalue weighted by atomic mass is 9.84. The molecule has 2 atom stereocenters. The Morgan fingerprint density at radius 1 is 1.23 bits per heavy atom. The van der Waals surface area contributed by atoms with Gasteiger partial charge in [0.2, 0.25) is 5.56 Å². The molecule has 1 aromatic heterocycles. The van der Waals surface area contributed by atoms with Crippen molar-refractivity contribution in [1.82, 2.24) is 9.88 Å². The first kappa shape index (κ1) is 17.5. The van der Waals surface area contributed by atoms with Crippen molar-refractivity contribution in [2.75, 3.05) is 6.61 Å². The van der Waals surface area contributed by atoms with Crippen molar-refractivity contribution in [1.29, 1.82) is 0 Å². The summed E-state index contributed by atoms with van der Waals surface area (Å²) in [6.07, 6.45) is 5.25. The maximum Gasteiger partial charge on any atom is 0.410 e. The van der Waals surface area contributed by atoms with Gasteiger partial charge in [0, 0.05) is 33.8 Å². The molecule has 0 radical (unpaired) electrons. The largest absolute Gasteiger partial charge is 0.450 e. The average Bonchev–Trinajstić information content (AvgIpc) is 2.61. The second-order valence-corrected chi connectivity index (χ2v) is 8.50. The van der Waals surface area contributed by atoms with Crippen molar-refractivity contribution < 1.29 is 9.53 Å². The average molecular weight is 372 g/mol. The number of amides is 1. The third-order valence-electron chi connectivity index (χ3n) is 5.41. The second kappa shape index (κ2) is 7.35. The number of carbonyl (C=O) groups is 1. The van der Waals surface area contributed by atoms with Crippen LogP contribution in [0.2, 0.25) is 0 Å². The third-order valence-corrected chi connectivity index (χ3v) is 6.65. The van der Waals surface area contributed by atoms with Crippen molar-refractivity contribution in [3.8, 4) is 0 Å².